The highest BCUT2D eigenvalue weighted by Crippen LogP contribution is 2.06. The summed E-state index contributed by atoms with van der Waals surface area (Å²) in [7, 11) is 0. The summed E-state index contributed by atoms with van der Waals surface area (Å²) in [6.45, 7) is 6.98. The second-order valence-corrected chi connectivity index (χ2v) is 3.75. The van der Waals surface area contributed by atoms with Gasteiger partial charge in [0.15, 0.2) is 0 Å². The molecule has 0 aliphatic carbocycles. The smallest absolute Gasteiger partial charge is 0.123 e. The molecule has 2 nitrogen and oxygen atoms in total. The van der Waals surface area contributed by atoms with Crippen molar-refractivity contribution in [2.75, 3.05) is 0 Å². The molecular weight excluding hydrogens is 176 g/mol. The first-order valence-corrected chi connectivity index (χ1v) is 4.82. The molecule has 0 saturated heterocycles. The summed E-state index contributed by atoms with van der Waals surface area (Å²) in [5.74, 6) is 10.3. The molecule has 2 atom stereocenters. The molecule has 78 valence electrons. The van der Waals surface area contributed by atoms with Crippen LogP contribution in [0.4, 0.5) is 0 Å². The molecule has 0 fully saturated rings. The molecule has 2 N–H and O–H groups in total. The zero-order valence-corrected chi connectivity index (χ0v) is 9.31. The Morgan fingerprint density at radius 1 is 0.857 bits per heavy atom. The Morgan fingerprint density at radius 3 is 1.36 bits per heavy atom. The van der Waals surface area contributed by atoms with Crippen molar-refractivity contribution in [1.82, 2.24) is 0 Å². The van der Waals surface area contributed by atoms with Gasteiger partial charge < -0.3 is 10.2 Å². The van der Waals surface area contributed by atoms with Crippen LogP contribution in [0.15, 0.2) is 0 Å². The first-order valence-electron chi connectivity index (χ1n) is 4.82. The van der Waals surface area contributed by atoms with Crippen LogP contribution in [0.1, 0.15) is 40.5 Å². The van der Waals surface area contributed by atoms with E-state index in [2.05, 4.69) is 23.7 Å². The normalized spacial score (nSPS) is 17.9. The van der Waals surface area contributed by atoms with Gasteiger partial charge in [-0.1, -0.05) is 25.7 Å². The molecule has 2 heteroatoms. The van der Waals surface area contributed by atoms with E-state index >= 15 is 0 Å². The number of rotatable bonds is 2. The topological polar surface area (TPSA) is 40.5 Å². The summed E-state index contributed by atoms with van der Waals surface area (Å²) >= 11 is 0. The van der Waals surface area contributed by atoms with E-state index in [1.165, 1.54) is 0 Å². The minimum atomic E-state index is -0.979. The number of aliphatic hydroxyl groups is 2. The lowest BCUT2D eigenvalue weighted by molar-refractivity contribution is 0.117. The predicted molar refractivity (Wildman–Crippen MR) is 57.4 cm³/mol. The number of hydrogen-bond donors (Lipinski definition) is 2. The summed E-state index contributed by atoms with van der Waals surface area (Å²) in [4.78, 5) is 0. The van der Waals surface area contributed by atoms with Crippen molar-refractivity contribution < 1.29 is 10.2 Å². The summed E-state index contributed by atoms with van der Waals surface area (Å²) < 4.78 is 0. The van der Waals surface area contributed by atoms with Crippen molar-refractivity contribution in [1.29, 1.82) is 0 Å². The molecule has 0 bridgehead atoms. The minimum absolute atomic E-state index is 0.561. The third-order valence-electron chi connectivity index (χ3n) is 2.10. The monoisotopic (exact) mass is 194 g/mol. The van der Waals surface area contributed by atoms with E-state index in [0.29, 0.717) is 12.8 Å². The zero-order chi connectivity index (χ0) is 11.2. The van der Waals surface area contributed by atoms with Crippen LogP contribution < -0.4 is 0 Å². The van der Waals surface area contributed by atoms with Gasteiger partial charge in [0, 0.05) is 0 Å². The van der Waals surface area contributed by atoms with Gasteiger partial charge in [-0.3, -0.25) is 0 Å². The Hall–Kier alpha value is -0.960. The van der Waals surface area contributed by atoms with Crippen LogP contribution in [0.2, 0.25) is 0 Å². The highest BCUT2D eigenvalue weighted by atomic mass is 16.3. The van der Waals surface area contributed by atoms with Crippen molar-refractivity contribution >= 4 is 0 Å². The van der Waals surface area contributed by atoms with E-state index in [-0.39, 0.29) is 0 Å². The Balaban J connectivity index is 4.43. The van der Waals surface area contributed by atoms with Gasteiger partial charge in [0.1, 0.15) is 11.2 Å². The molecule has 0 heterocycles. The molecule has 14 heavy (non-hydrogen) atoms. The van der Waals surface area contributed by atoms with Gasteiger partial charge >= 0.3 is 0 Å². The Kier molecular flexibility index (Phi) is 4.71. The average Bonchev–Trinajstić information content (AvgIpc) is 2.13. The van der Waals surface area contributed by atoms with Crippen LogP contribution >= 0.6 is 0 Å². The van der Waals surface area contributed by atoms with Gasteiger partial charge in [0.05, 0.1) is 0 Å². The van der Waals surface area contributed by atoms with E-state index in [1.54, 1.807) is 13.8 Å². The molecule has 0 aromatic carbocycles. The maximum Gasteiger partial charge on any atom is 0.123 e. The van der Waals surface area contributed by atoms with Crippen molar-refractivity contribution in [3.05, 3.63) is 0 Å². The Bertz CT molecular complexity index is 260. The summed E-state index contributed by atoms with van der Waals surface area (Å²) in [5.41, 5.74) is -1.96. The van der Waals surface area contributed by atoms with E-state index in [1.807, 2.05) is 13.8 Å². The molecule has 0 unspecified atom stereocenters. The average molecular weight is 194 g/mol. The summed E-state index contributed by atoms with van der Waals surface area (Å²) in [6.07, 6.45) is 1.12. The predicted octanol–water partition coefficient (Wildman–Crippen LogP) is 1.32. The lowest BCUT2D eigenvalue weighted by atomic mass is 10.0. The van der Waals surface area contributed by atoms with Gasteiger partial charge in [0.2, 0.25) is 0 Å². The van der Waals surface area contributed by atoms with E-state index in [4.69, 9.17) is 0 Å². The molecule has 0 aromatic heterocycles. The third kappa shape index (κ3) is 5.65. The first-order chi connectivity index (χ1) is 6.33. The SMILES string of the molecule is CC[C@](C)(O)C#CC#C[C@@](C)(O)CC. The van der Waals surface area contributed by atoms with Crippen LogP contribution in [0, 0.1) is 23.7 Å². The standard InChI is InChI=1S/C12H18O2/c1-5-11(3,13)9-7-8-10-12(4,14)6-2/h13-14H,5-6H2,1-4H3/t11-,12-/m0/s1. The van der Waals surface area contributed by atoms with Crippen molar-refractivity contribution in [3.63, 3.8) is 0 Å². The molecule has 0 saturated carbocycles. The Labute approximate surface area is 86.3 Å². The van der Waals surface area contributed by atoms with Crippen LogP contribution in [-0.2, 0) is 0 Å². The minimum Gasteiger partial charge on any atom is -0.378 e. The van der Waals surface area contributed by atoms with Gasteiger partial charge in [0.25, 0.3) is 0 Å². The maximum atomic E-state index is 9.51. The molecule has 0 spiro atoms. The quantitative estimate of drug-likeness (QED) is 0.651. The summed E-state index contributed by atoms with van der Waals surface area (Å²) in [6, 6.07) is 0. The van der Waals surface area contributed by atoms with Gasteiger partial charge in [-0.25, -0.2) is 0 Å². The van der Waals surface area contributed by atoms with Gasteiger partial charge in [-0.15, -0.1) is 0 Å². The fourth-order valence-electron chi connectivity index (χ4n) is 0.509. The second kappa shape index (κ2) is 5.05. The highest BCUT2D eigenvalue weighted by Gasteiger charge is 2.13. The molecule has 0 radical (unpaired) electrons. The zero-order valence-electron chi connectivity index (χ0n) is 9.31. The van der Waals surface area contributed by atoms with Crippen LogP contribution in [0.5, 0.6) is 0 Å². The summed E-state index contributed by atoms with van der Waals surface area (Å²) in [5, 5.41) is 19.0. The number of hydrogen-bond acceptors (Lipinski definition) is 2. The molecule has 0 rings (SSSR count). The van der Waals surface area contributed by atoms with E-state index in [9.17, 15) is 10.2 Å². The van der Waals surface area contributed by atoms with E-state index in [0.717, 1.165) is 0 Å². The molecular formula is C12H18O2. The van der Waals surface area contributed by atoms with Crippen LogP contribution in [-0.4, -0.2) is 21.4 Å². The van der Waals surface area contributed by atoms with Gasteiger partial charge in [-0.2, -0.15) is 0 Å². The molecule has 0 aromatic rings. The van der Waals surface area contributed by atoms with E-state index < -0.39 is 11.2 Å². The van der Waals surface area contributed by atoms with Crippen molar-refractivity contribution in [3.8, 4) is 23.7 Å². The highest BCUT2D eigenvalue weighted by molar-refractivity contribution is 5.31. The maximum absolute atomic E-state index is 9.51. The van der Waals surface area contributed by atoms with Crippen molar-refractivity contribution in [2.24, 2.45) is 0 Å². The lowest BCUT2D eigenvalue weighted by Gasteiger charge is -2.12. The van der Waals surface area contributed by atoms with Crippen LogP contribution in [0.3, 0.4) is 0 Å². The van der Waals surface area contributed by atoms with Crippen LogP contribution in [0.25, 0.3) is 0 Å². The first kappa shape index (κ1) is 13.0. The molecule has 0 amide bonds. The Morgan fingerprint density at radius 2 is 1.14 bits per heavy atom. The molecule has 0 aliphatic rings. The fourth-order valence-corrected chi connectivity index (χ4v) is 0.509. The lowest BCUT2D eigenvalue weighted by Crippen LogP contribution is -2.20. The van der Waals surface area contributed by atoms with Gasteiger partial charge in [-0.05, 0) is 38.5 Å². The fraction of sp³-hybridized carbons (Fsp3) is 0.667. The second-order valence-electron chi connectivity index (χ2n) is 3.75. The third-order valence-corrected chi connectivity index (χ3v) is 2.10. The largest absolute Gasteiger partial charge is 0.378 e. The molecule has 0 aliphatic heterocycles. The van der Waals surface area contributed by atoms with Crippen molar-refractivity contribution in [2.45, 2.75) is 51.7 Å².